The molecule has 0 saturated carbocycles. The number of carbonyl (C=O) groups is 2. The molecule has 8 heteroatoms. The number of ketones is 1. The van der Waals surface area contributed by atoms with Crippen LogP contribution in [0.3, 0.4) is 0 Å². The number of aliphatic hydroxyl groups excluding tert-OH is 1. The van der Waals surface area contributed by atoms with Crippen molar-refractivity contribution in [3.8, 4) is 5.75 Å². The Morgan fingerprint density at radius 3 is 2.58 bits per heavy atom. The minimum atomic E-state index is -0.718. The van der Waals surface area contributed by atoms with Crippen LogP contribution in [0, 0.1) is 13.8 Å². The molecular formula is C23H30N4O4. The molecule has 1 amide bonds. The van der Waals surface area contributed by atoms with Crippen LogP contribution < -0.4 is 4.74 Å². The number of aryl methyl sites for hydroxylation is 2. The number of likely N-dealkylation sites (tertiary alicyclic amines) is 1. The second kappa shape index (κ2) is 8.93. The van der Waals surface area contributed by atoms with Crippen LogP contribution in [0.5, 0.6) is 5.75 Å². The Bertz CT molecular complexity index is 1000. The average molecular weight is 427 g/mol. The number of carbonyl (C=O) groups excluding carboxylic acids is 2. The zero-order valence-corrected chi connectivity index (χ0v) is 18.9. The van der Waals surface area contributed by atoms with Crippen LogP contribution >= 0.6 is 0 Å². The van der Waals surface area contributed by atoms with E-state index in [1.807, 2.05) is 57.1 Å². The van der Waals surface area contributed by atoms with Crippen LogP contribution in [0.1, 0.15) is 42.4 Å². The normalized spacial score (nSPS) is 18.5. The minimum absolute atomic E-state index is 0.0217. The first-order valence-electron chi connectivity index (χ1n) is 10.3. The predicted molar refractivity (Wildman–Crippen MR) is 118 cm³/mol. The predicted octanol–water partition coefficient (Wildman–Crippen LogP) is 2.80. The van der Waals surface area contributed by atoms with Crippen molar-refractivity contribution in [1.29, 1.82) is 0 Å². The zero-order valence-electron chi connectivity index (χ0n) is 18.9. The lowest BCUT2D eigenvalue weighted by molar-refractivity contribution is -0.140. The summed E-state index contributed by atoms with van der Waals surface area (Å²) in [5.41, 5.74) is 2.41. The molecule has 1 atom stereocenters. The Morgan fingerprint density at radius 2 is 2.00 bits per heavy atom. The number of hydrogen-bond donors (Lipinski definition) is 2. The Balaban J connectivity index is 2.17. The van der Waals surface area contributed by atoms with Crippen molar-refractivity contribution in [2.24, 2.45) is 0 Å². The van der Waals surface area contributed by atoms with Crippen LogP contribution in [0.25, 0.3) is 5.76 Å². The van der Waals surface area contributed by atoms with Crippen LogP contribution in [-0.2, 0) is 9.59 Å². The van der Waals surface area contributed by atoms with Crippen molar-refractivity contribution in [2.75, 3.05) is 27.2 Å². The molecule has 2 aromatic rings. The van der Waals surface area contributed by atoms with E-state index in [1.54, 1.807) is 13.8 Å². The lowest BCUT2D eigenvalue weighted by Crippen LogP contribution is -2.35. The molecule has 2 heterocycles. The number of rotatable bonds is 7. The van der Waals surface area contributed by atoms with Gasteiger partial charge in [0.1, 0.15) is 11.5 Å². The highest BCUT2D eigenvalue weighted by atomic mass is 16.5. The van der Waals surface area contributed by atoms with Gasteiger partial charge in [0.05, 0.1) is 29.0 Å². The van der Waals surface area contributed by atoms with Gasteiger partial charge in [0.2, 0.25) is 0 Å². The third-order valence-electron chi connectivity index (χ3n) is 5.24. The zero-order chi connectivity index (χ0) is 22.9. The van der Waals surface area contributed by atoms with E-state index in [0.29, 0.717) is 41.4 Å². The summed E-state index contributed by atoms with van der Waals surface area (Å²) in [6.45, 7) is 8.30. The number of aromatic nitrogens is 2. The molecule has 1 aliphatic heterocycles. The number of benzene rings is 1. The summed E-state index contributed by atoms with van der Waals surface area (Å²) in [7, 11) is 3.81. The summed E-state index contributed by atoms with van der Waals surface area (Å²) in [4.78, 5) is 29.5. The third kappa shape index (κ3) is 4.49. The first kappa shape index (κ1) is 22.6. The average Bonchev–Trinajstić information content (AvgIpc) is 3.15. The van der Waals surface area contributed by atoms with Gasteiger partial charge in [0, 0.05) is 18.8 Å². The summed E-state index contributed by atoms with van der Waals surface area (Å²) in [5, 5.41) is 18.1. The van der Waals surface area contributed by atoms with Gasteiger partial charge in [0.25, 0.3) is 11.7 Å². The van der Waals surface area contributed by atoms with E-state index in [4.69, 9.17) is 4.74 Å². The highest BCUT2D eigenvalue weighted by molar-refractivity contribution is 6.46. The van der Waals surface area contributed by atoms with Gasteiger partial charge in [-0.3, -0.25) is 14.7 Å². The molecule has 1 saturated heterocycles. The summed E-state index contributed by atoms with van der Waals surface area (Å²) >= 11 is 0. The summed E-state index contributed by atoms with van der Waals surface area (Å²) in [5.74, 6) is -0.894. The third-order valence-corrected chi connectivity index (χ3v) is 5.24. The van der Waals surface area contributed by atoms with Crippen LogP contribution in [-0.4, -0.2) is 70.1 Å². The quantitative estimate of drug-likeness (QED) is 0.401. The van der Waals surface area contributed by atoms with Crippen LogP contribution in [0.15, 0.2) is 29.8 Å². The summed E-state index contributed by atoms with van der Waals surface area (Å²) in [6, 6.07) is 6.60. The number of aromatic amines is 1. The number of ether oxygens (including phenoxy) is 1. The first-order valence-corrected chi connectivity index (χ1v) is 10.3. The molecule has 0 radical (unpaired) electrons. The maximum atomic E-state index is 13.1. The van der Waals surface area contributed by atoms with Gasteiger partial charge in [-0.05, 0) is 59.5 Å². The Kier molecular flexibility index (Phi) is 6.50. The van der Waals surface area contributed by atoms with E-state index in [0.717, 1.165) is 0 Å². The van der Waals surface area contributed by atoms with Gasteiger partial charge in [-0.2, -0.15) is 5.10 Å². The minimum Gasteiger partial charge on any atom is -0.507 e. The number of amides is 1. The smallest absolute Gasteiger partial charge is 0.295 e. The molecule has 8 nitrogen and oxygen atoms in total. The fourth-order valence-electron chi connectivity index (χ4n) is 3.83. The van der Waals surface area contributed by atoms with Gasteiger partial charge in [-0.25, -0.2) is 0 Å². The number of nitrogens with zero attached hydrogens (tertiary/aromatic N) is 3. The molecule has 1 aromatic carbocycles. The molecule has 31 heavy (non-hydrogen) atoms. The number of hydrogen-bond acceptors (Lipinski definition) is 6. The van der Waals surface area contributed by atoms with Crippen LogP contribution in [0.4, 0.5) is 0 Å². The fourth-order valence-corrected chi connectivity index (χ4v) is 3.83. The van der Waals surface area contributed by atoms with E-state index in [-0.39, 0.29) is 17.4 Å². The number of nitrogens with one attached hydrogen (secondary N) is 1. The highest BCUT2D eigenvalue weighted by Gasteiger charge is 2.46. The second-order valence-electron chi connectivity index (χ2n) is 8.34. The first-order chi connectivity index (χ1) is 14.6. The molecule has 166 valence electrons. The van der Waals surface area contributed by atoms with E-state index in [9.17, 15) is 14.7 Å². The van der Waals surface area contributed by atoms with Crippen molar-refractivity contribution in [3.05, 3.63) is 52.4 Å². The summed E-state index contributed by atoms with van der Waals surface area (Å²) < 4.78 is 5.82. The van der Waals surface area contributed by atoms with Gasteiger partial charge < -0.3 is 19.6 Å². The summed E-state index contributed by atoms with van der Waals surface area (Å²) in [6.07, 6.45) is -0.0217. The van der Waals surface area contributed by atoms with Gasteiger partial charge in [0.15, 0.2) is 0 Å². The van der Waals surface area contributed by atoms with E-state index < -0.39 is 17.7 Å². The molecule has 3 rings (SSSR count). The van der Waals surface area contributed by atoms with Crippen molar-refractivity contribution in [3.63, 3.8) is 0 Å². The maximum Gasteiger partial charge on any atom is 0.295 e. The number of likely N-dealkylation sites (N-methyl/N-ethyl adjacent to an activating group) is 1. The van der Waals surface area contributed by atoms with Crippen molar-refractivity contribution in [1.82, 2.24) is 20.0 Å². The Labute approximate surface area is 182 Å². The van der Waals surface area contributed by atoms with Crippen molar-refractivity contribution < 1.29 is 19.4 Å². The SMILES string of the molecule is Cc1n[nH]c(C)c1/C(O)=C1\C(=O)C(=O)N(CCN(C)C)[C@@H]1c1cccc(OC(C)C)c1. The van der Waals surface area contributed by atoms with Gasteiger partial charge in [-0.1, -0.05) is 12.1 Å². The lowest BCUT2D eigenvalue weighted by Gasteiger charge is -2.27. The van der Waals surface area contributed by atoms with Crippen molar-refractivity contribution in [2.45, 2.75) is 39.8 Å². The lowest BCUT2D eigenvalue weighted by atomic mass is 9.94. The second-order valence-corrected chi connectivity index (χ2v) is 8.34. The Hall–Kier alpha value is -3.13. The molecule has 2 N–H and O–H groups in total. The van der Waals surface area contributed by atoms with Crippen LogP contribution in [0.2, 0.25) is 0 Å². The molecule has 0 bridgehead atoms. The van der Waals surface area contributed by atoms with Crippen molar-refractivity contribution >= 4 is 17.4 Å². The highest BCUT2D eigenvalue weighted by Crippen LogP contribution is 2.40. The maximum absolute atomic E-state index is 13.1. The standard InChI is InChI=1S/C23H30N4O4/c1-13(2)31-17-9-7-8-16(12-17)20-19(21(28)18-14(3)24-25-15(18)4)22(29)23(30)27(20)11-10-26(5)6/h7-9,12-13,20,28H,10-11H2,1-6H3,(H,24,25)/b21-19+/t20-/m1/s1. The molecule has 1 aromatic heterocycles. The molecule has 1 fully saturated rings. The number of H-pyrrole nitrogens is 1. The Morgan fingerprint density at radius 1 is 1.29 bits per heavy atom. The largest absolute Gasteiger partial charge is 0.507 e. The number of aliphatic hydroxyl groups is 1. The molecule has 1 aliphatic rings. The van der Waals surface area contributed by atoms with Gasteiger partial charge >= 0.3 is 0 Å². The van der Waals surface area contributed by atoms with E-state index in [2.05, 4.69) is 10.2 Å². The topological polar surface area (TPSA) is 98.8 Å². The molecule has 0 spiro atoms. The van der Waals surface area contributed by atoms with E-state index >= 15 is 0 Å². The van der Waals surface area contributed by atoms with Gasteiger partial charge in [-0.15, -0.1) is 0 Å². The molecule has 0 unspecified atom stereocenters. The molecular weight excluding hydrogens is 396 g/mol. The monoisotopic (exact) mass is 426 g/mol. The number of Topliss-reactive ketones (excluding diaryl/α,β-unsaturated/α-hetero) is 1. The fraction of sp³-hybridized carbons (Fsp3) is 0.435. The molecule has 0 aliphatic carbocycles. The van der Waals surface area contributed by atoms with E-state index in [1.165, 1.54) is 4.90 Å².